The number of carbonyl (C=O) groups is 1. The van der Waals surface area contributed by atoms with Gasteiger partial charge in [-0.25, -0.2) is 0 Å². The van der Waals surface area contributed by atoms with E-state index in [-0.39, 0.29) is 18.1 Å². The maximum absolute atomic E-state index is 12.1. The molecule has 1 aromatic rings. The van der Waals surface area contributed by atoms with Crippen LogP contribution < -0.4 is 11.1 Å². The molecule has 104 valence electrons. The van der Waals surface area contributed by atoms with E-state index in [4.69, 9.17) is 10.5 Å². The molecule has 1 heterocycles. The summed E-state index contributed by atoms with van der Waals surface area (Å²) in [5.41, 5.74) is 7.51. The SMILES string of the molecule is CCc1cc(Br)ccc1NC(=O)C1CCC(CN)O1. The molecule has 0 aromatic heterocycles. The van der Waals surface area contributed by atoms with Crippen molar-refractivity contribution in [3.63, 3.8) is 0 Å². The van der Waals surface area contributed by atoms with Crippen molar-refractivity contribution in [2.75, 3.05) is 11.9 Å². The molecule has 1 amide bonds. The quantitative estimate of drug-likeness (QED) is 0.893. The summed E-state index contributed by atoms with van der Waals surface area (Å²) in [7, 11) is 0. The summed E-state index contributed by atoms with van der Waals surface area (Å²) < 4.78 is 6.61. The van der Waals surface area contributed by atoms with Gasteiger partial charge in [0.2, 0.25) is 0 Å². The zero-order chi connectivity index (χ0) is 13.8. The second kappa shape index (κ2) is 6.50. The highest BCUT2D eigenvalue weighted by Gasteiger charge is 2.30. The summed E-state index contributed by atoms with van der Waals surface area (Å²) in [6.45, 7) is 2.54. The van der Waals surface area contributed by atoms with Gasteiger partial charge in [-0.05, 0) is 43.0 Å². The van der Waals surface area contributed by atoms with E-state index in [1.165, 1.54) is 0 Å². The first-order chi connectivity index (χ1) is 9.13. The third kappa shape index (κ3) is 3.55. The average Bonchev–Trinajstić information content (AvgIpc) is 2.89. The Morgan fingerprint density at radius 2 is 2.32 bits per heavy atom. The minimum Gasteiger partial charge on any atom is -0.364 e. The van der Waals surface area contributed by atoms with Gasteiger partial charge in [-0.15, -0.1) is 0 Å². The van der Waals surface area contributed by atoms with Crippen LogP contribution >= 0.6 is 15.9 Å². The number of rotatable bonds is 4. The minimum atomic E-state index is -0.373. The van der Waals surface area contributed by atoms with Crippen LogP contribution in [-0.2, 0) is 16.0 Å². The van der Waals surface area contributed by atoms with Crippen molar-refractivity contribution in [3.8, 4) is 0 Å². The molecule has 1 aromatic carbocycles. The Kier molecular flexibility index (Phi) is 4.96. The number of aryl methyl sites for hydroxylation is 1. The first-order valence-electron chi connectivity index (χ1n) is 6.58. The average molecular weight is 327 g/mol. The lowest BCUT2D eigenvalue weighted by molar-refractivity contribution is -0.126. The van der Waals surface area contributed by atoms with E-state index >= 15 is 0 Å². The largest absolute Gasteiger partial charge is 0.364 e. The van der Waals surface area contributed by atoms with Crippen molar-refractivity contribution in [2.24, 2.45) is 5.73 Å². The predicted octanol–water partition coefficient (Wildman–Crippen LogP) is 2.46. The molecular formula is C14H19BrN2O2. The molecule has 1 aliphatic heterocycles. The first kappa shape index (κ1) is 14.5. The van der Waals surface area contributed by atoms with Crippen LogP contribution in [0.2, 0.25) is 0 Å². The summed E-state index contributed by atoms with van der Waals surface area (Å²) >= 11 is 3.44. The van der Waals surface area contributed by atoms with Crippen LogP contribution in [0.3, 0.4) is 0 Å². The van der Waals surface area contributed by atoms with Gasteiger partial charge in [0.15, 0.2) is 0 Å². The molecule has 2 atom stereocenters. The predicted molar refractivity (Wildman–Crippen MR) is 79.1 cm³/mol. The van der Waals surface area contributed by atoms with Crippen LogP contribution in [-0.4, -0.2) is 24.7 Å². The lowest BCUT2D eigenvalue weighted by Gasteiger charge is -2.15. The summed E-state index contributed by atoms with van der Waals surface area (Å²) in [6.07, 6.45) is 2.11. The number of benzene rings is 1. The molecular weight excluding hydrogens is 308 g/mol. The van der Waals surface area contributed by atoms with Crippen LogP contribution in [0.25, 0.3) is 0 Å². The molecule has 0 aliphatic carbocycles. The molecule has 1 saturated heterocycles. The van der Waals surface area contributed by atoms with Crippen LogP contribution in [0.4, 0.5) is 5.69 Å². The molecule has 2 rings (SSSR count). The number of halogens is 1. The van der Waals surface area contributed by atoms with Crippen LogP contribution in [0.15, 0.2) is 22.7 Å². The Balaban J connectivity index is 2.03. The number of amides is 1. The van der Waals surface area contributed by atoms with Gasteiger partial charge in [-0.1, -0.05) is 22.9 Å². The maximum Gasteiger partial charge on any atom is 0.253 e. The van der Waals surface area contributed by atoms with Gasteiger partial charge in [0.1, 0.15) is 6.10 Å². The summed E-state index contributed by atoms with van der Waals surface area (Å²) in [5.74, 6) is -0.0760. The number of hydrogen-bond acceptors (Lipinski definition) is 3. The second-order valence-electron chi connectivity index (χ2n) is 4.70. The smallest absolute Gasteiger partial charge is 0.253 e. The fourth-order valence-electron chi connectivity index (χ4n) is 2.26. The van der Waals surface area contributed by atoms with Crippen LogP contribution in [0.5, 0.6) is 0 Å². The van der Waals surface area contributed by atoms with Gasteiger partial charge in [0.25, 0.3) is 5.91 Å². The molecule has 3 N–H and O–H groups in total. The number of carbonyl (C=O) groups excluding carboxylic acids is 1. The zero-order valence-electron chi connectivity index (χ0n) is 11.0. The first-order valence-corrected chi connectivity index (χ1v) is 7.38. The molecule has 19 heavy (non-hydrogen) atoms. The van der Waals surface area contributed by atoms with E-state index in [0.717, 1.165) is 35.0 Å². The van der Waals surface area contributed by atoms with Gasteiger partial charge in [0, 0.05) is 16.7 Å². The fourth-order valence-corrected chi connectivity index (χ4v) is 2.67. The molecule has 0 spiro atoms. The Morgan fingerprint density at radius 3 is 2.95 bits per heavy atom. The van der Waals surface area contributed by atoms with Crippen LogP contribution in [0.1, 0.15) is 25.3 Å². The van der Waals surface area contributed by atoms with E-state index in [1.807, 2.05) is 18.2 Å². The van der Waals surface area contributed by atoms with Crippen molar-refractivity contribution in [1.82, 2.24) is 0 Å². The van der Waals surface area contributed by atoms with Gasteiger partial charge >= 0.3 is 0 Å². The number of nitrogens with one attached hydrogen (secondary N) is 1. The molecule has 1 aliphatic rings. The molecule has 0 bridgehead atoms. The lowest BCUT2D eigenvalue weighted by Crippen LogP contribution is -2.30. The van der Waals surface area contributed by atoms with Crippen molar-refractivity contribution in [1.29, 1.82) is 0 Å². The van der Waals surface area contributed by atoms with E-state index in [9.17, 15) is 4.79 Å². The standard InChI is InChI=1S/C14H19BrN2O2/c1-2-9-7-10(15)3-5-12(9)17-14(18)13-6-4-11(8-16)19-13/h3,5,7,11,13H,2,4,6,8,16H2,1H3,(H,17,18). The van der Waals surface area contributed by atoms with Crippen molar-refractivity contribution >= 4 is 27.5 Å². The van der Waals surface area contributed by atoms with E-state index in [0.29, 0.717) is 6.54 Å². The van der Waals surface area contributed by atoms with Crippen molar-refractivity contribution in [3.05, 3.63) is 28.2 Å². The third-order valence-electron chi connectivity index (χ3n) is 3.37. The summed E-state index contributed by atoms with van der Waals surface area (Å²) in [6, 6.07) is 5.86. The topological polar surface area (TPSA) is 64.4 Å². The Labute approximate surface area is 121 Å². The van der Waals surface area contributed by atoms with Crippen LogP contribution in [0, 0.1) is 0 Å². The number of anilines is 1. The second-order valence-corrected chi connectivity index (χ2v) is 5.62. The molecule has 4 nitrogen and oxygen atoms in total. The van der Waals surface area contributed by atoms with Gasteiger partial charge in [-0.3, -0.25) is 4.79 Å². The van der Waals surface area contributed by atoms with Gasteiger partial charge in [-0.2, -0.15) is 0 Å². The Hall–Kier alpha value is -0.910. The summed E-state index contributed by atoms with van der Waals surface area (Å²) in [5, 5.41) is 2.95. The highest BCUT2D eigenvalue weighted by molar-refractivity contribution is 9.10. The van der Waals surface area contributed by atoms with Crippen molar-refractivity contribution in [2.45, 2.75) is 38.4 Å². The monoisotopic (exact) mass is 326 g/mol. The third-order valence-corrected chi connectivity index (χ3v) is 3.86. The molecule has 0 radical (unpaired) electrons. The normalized spacial score (nSPS) is 22.5. The molecule has 5 heteroatoms. The van der Waals surface area contributed by atoms with E-state index in [1.54, 1.807) is 0 Å². The van der Waals surface area contributed by atoms with Gasteiger partial charge < -0.3 is 15.8 Å². The Morgan fingerprint density at radius 1 is 1.53 bits per heavy atom. The fraction of sp³-hybridized carbons (Fsp3) is 0.500. The number of ether oxygens (including phenoxy) is 1. The highest BCUT2D eigenvalue weighted by Crippen LogP contribution is 2.24. The van der Waals surface area contributed by atoms with Gasteiger partial charge in [0.05, 0.1) is 6.10 Å². The number of hydrogen-bond donors (Lipinski definition) is 2. The molecule has 2 unspecified atom stereocenters. The van der Waals surface area contributed by atoms with E-state index in [2.05, 4.69) is 28.2 Å². The summed E-state index contributed by atoms with van der Waals surface area (Å²) in [4.78, 5) is 12.1. The highest BCUT2D eigenvalue weighted by atomic mass is 79.9. The maximum atomic E-state index is 12.1. The lowest BCUT2D eigenvalue weighted by atomic mass is 10.1. The number of nitrogens with two attached hydrogens (primary N) is 1. The van der Waals surface area contributed by atoms with Crippen molar-refractivity contribution < 1.29 is 9.53 Å². The Bertz CT molecular complexity index is 465. The molecule has 0 saturated carbocycles. The molecule has 1 fully saturated rings. The minimum absolute atomic E-state index is 0.0197. The zero-order valence-corrected chi connectivity index (χ0v) is 12.6. The van der Waals surface area contributed by atoms with E-state index < -0.39 is 0 Å².